The van der Waals surface area contributed by atoms with Crippen molar-refractivity contribution in [1.29, 1.82) is 0 Å². The summed E-state index contributed by atoms with van der Waals surface area (Å²) >= 11 is 0. The molecule has 2 aromatic carbocycles. The lowest BCUT2D eigenvalue weighted by Crippen LogP contribution is -2.52. The van der Waals surface area contributed by atoms with Crippen LogP contribution >= 0.6 is 0 Å². The van der Waals surface area contributed by atoms with Gasteiger partial charge in [0.15, 0.2) is 0 Å². The van der Waals surface area contributed by atoms with Crippen molar-refractivity contribution in [1.82, 2.24) is 10.0 Å². The minimum atomic E-state index is -3.59. The normalized spacial score (nSPS) is 20.8. The second kappa shape index (κ2) is 11.5. The first-order valence-corrected chi connectivity index (χ1v) is 12.3. The molecular weight excluding hydrogens is 446 g/mol. The summed E-state index contributed by atoms with van der Waals surface area (Å²) in [7, 11) is -2.07. The van der Waals surface area contributed by atoms with Gasteiger partial charge in [-0.15, -0.1) is 0 Å². The molecule has 33 heavy (non-hydrogen) atoms. The second-order valence-corrected chi connectivity index (χ2v) is 9.73. The molecule has 1 aliphatic heterocycles. The van der Waals surface area contributed by atoms with Crippen LogP contribution in [0.1, 0.15) is 24.8 Å². The van der Waals surface area contributed by atoms with Crippen LogP contribution in [0.2, 0.25) is 0 Å². The van der Waals surface area contributed by atoms with Gasteiger partial charge >= 0.3 is 6.03 Å². The van der Waals surface area contributed by atoms with E-state index in [0.717, 1.165) is 5.56 Å². The molecule has 0 bridgehead atoms. The number of sulfonamides is 1. The monoisotopic (exact) mass is 477 g/mol. The molecule has 0 unspecified atom stereocenters. The molecule has 180 valence electrons. The zero-order valence-corrected chi connectivity index (χ0v) is 19.6. The van der Waals surface area contributed by atoms with Crippen LogP contribution in [-0.2, 0) is 14.8 Å². The highest BCUT2D eigenvalue weighted by atomic mass is 32.2. The van der Waals surface area contributed by atoms with Crippen molar-refractivity contribution in [2.45, 2.75) is 49.3 Å². The fourth-order valence-electron chi connectivity index (χ4n) is 3.74. The van der Waals surface area contributed by atoms with E-state index in [1.807, 2.05) is 6.92 Å². The van der Waals surface area contributed by atoms with Crippen LogP contribution in [0.25, 0.3) is 0 Å². The molecule has 4 N–H and O–H groups in total. The molecule has 9 nitrogen and oxygen atoms in total. The third-order valence-electron chi connectivity index (χ3n) is 5.56. The van der Waals surface area contributed by atoms with E-state index < -0.39 is 22.2 Å². The molecule has 1 heterocycles. The number of ether oxygens (including phenoxy) is 2. The van der Waals surface area contributed by atoms with Crippen LogP contribution < -0.4 is 20.1 Å². The van der Waals surface area contributed by atoms with Gasteiger partial charge in [0, 0.05) is 6.54 Å². The summed E-state index contributed by atoms with van der Waals surface area (Å²) in [5.41, 5.74) is 1.52. The standard InChI is InChI=1S/C23H31N3O6S/c1-16-7-10-18(11-8-16)33(29,30)24-14-13-17-9-12-20(22(15-27)32-17)26-23(28)25-19-5-3-4-6-21(19)31-2/h3-8,10-11,17,20,22,24,27H,9,12-15H2,1-2H3,(H2,25,26,28)/t17-,20+,22+/m1/s1. The molecule has 0 aliphatic carbocycles. The van der Waals surface area contributed by atoms with E-state index in [9.17, 15) is 18.3 Å². The molecule has 0 saturated carbocycles. The first kappa shape index (κ1) is 25.0. The molecule has 1 fully saturated rings. The highest BCUT2D eigenvalue weighted by Crippen LogP contribution is 2.24. The van der Waals surface area contributed by atoms with Gasteiger partial charge in [-0.25, -0.2) is 17.9 Å². The van der Waals surface area contributed by atoms with Gasteiger partial charge in [0.05, 0.1) is 36.4 Å². The van der Waals surface area contributed by atoms with Crippen LogP contribution in [0, 0.1) is 6.92 Å². The van der Waals surface area contributed by atoms with Gasteiger partial charge < -0.3 is 25.2 Å². The fourth-order valence-corrected chi connectivity index (χ4v) is 4.79. The third kappa shape index (κ3) is 6.91. The van der Waals surface area contributed by atoms with Crippen LogP contribution in [-0.4, -0.2) is 58.1 Å². The molecule has 3 atom stereocenters. The van der Waals surface area contributed by atoms with Crippen LogP contribution in [0.15, 0.2) is 53.4 Å². The fraction of sp³-hybridized carbons (Fsp3) is 0.435. The molecule has 2 aromatic rings. The van der Waals surface area contributed by atoms with Gasteiger partial charge in [0.1, 0.15) is 11.9 Å². The van der Waals surface area contributed by atoms with Gasteiger partial charge in [-0.2, -0.15) is 0 Å². The summed E-state index contributed by atoms with van der Waals surface area (Å²) in [5, 5.41) is 15.4. The maximum Gasteiger partial charge on any atom is 0.319 e. The smallest absolute Gasteiger partial charge is 0.319 e. The SMILES string of the molecule is COc1ccccc1NC(=O)N[C@H]1CC[C@H](CCNS(=O)(=O)c2ccc(C)cc2)O[C@H]1CO. The van der Waals surface area contributed by atoms with Crippen molar-refractivity contribution < 1.29 is 27.8 Å². The lowest BCUT2D eigenvalue weighted by molar-refractivity contribution is -0.0884. The number of aliphatic hydroxyl groups is 1. The van der Waals surface area contributed by atoms with Crippen molar-refractivity contribution in [3.05, 3.63) is 54.1 Å². The van der Waals surface area contributed by atoms with Crippen molar-refractivity contribution in [3.63, 3.8) is 0 Å². The summed E-state index contributed by atoms with van der Waals surface area (Å²) in [6.45, 7) is 1.85. The van der Waals surface area contributed by atoms with Crippen LogP contribution in [0.5, 0.6) is 5.75 Å². The van der Waals surface area contributed by atoms with Crippen LogP contribution in [0.3, 0.4) is 0 Å². The topological polar surface area (TPSA) is 126 Å². The van der Waals surface area contributed by atoms with Crippen molar-refractivity contribution >= 4 is 21.7 Å². The van der Waals surface area contributed by atoms with Gasteiger partial charge in [0.25, 0.3) is 0 Å². The molecule has 1 saturated heterocycles. The number of rotatable bonds is 9. The predicted molar refractivity (Wildman–Crippen MR) is 125 cm³/mol. The molecule has 0 radical (unpaired) electrons. The van der Waals surface area contributed by atoms with Gasteiger partial charge in [-0.3, -0.25) is 0 Å². The minimum absolute atomic E-state index is 0.214. The lowest BCUT2D eigenvalue weighted by Gasteiger charge is -2.36. The number of carbonyl (C=O) groups is 1. The van der Waals surface area contributed by atoms with Crippen molar-refractivity contribution in [2.24, 2.45) is 0 Å². The number of anilines is 1. The van der Waals surface area contributed by atoms with Crippen molar-refractivity contribution in [3.8, 4) is 5.75 Å². The Hall–Kier alpha value is -2.66. The van der Waals surface area contributed by atoms with Gasteiger partial charge in [-0.1, -0.05) is 29.8 Å². The predicted octanol–water partition coefficient (Wildman–Crippen LogP) is 2.40. The molecule has 10 heteroatoms. The first-order chi connectivity index (χ1) is 15.8. The molecule has 1 aliphatic rings. The zero-order chi connectivity index (χ0) is 23.8. The highest BCUT2D eigenvalue weighted by molar-refractivity contribution is 7.89. The molecule has 0 aromatic heterocycles. The summed E-state index contributed by atoms with van der Waals surface area (Å²) in [6, 6.07) is 12.9. The Labute approximate surface area is 194 Å². The number of carbonyl (C=O) groups excluding carboxylic acids is 1. The average molecular weight is 478 g/mol. The Morgan fingerprint density at radius 1 is 1.15 bits per heavy atom. The Morgan fingerprint density at radius 3 is 2.58 bits per heavy atom. The third-order valence-corrected chi connectivity index (χ3v) is 7.03. The summed E-state index contributed by atoms with van der Waals surface area (Å²) in [6.07, 6.45) is 0.878. The number of aliphatic hydroxyl groups excluding tert-OH is 1. The Bertz CT molecular complexity index is 1030. The van der Waals surface area contributed by atoms with Crippen molar-refractivity contribution in [2.75, 3.05) is 25.6 Å². The van der Waals surface area contributed by atoms with Gasteiger partial charge in [0.2, 0.25) is 10.0 Å². The average Bonchev–Trinajstić information content (AvgIpc) is 2.80. The number of para-hydroxylation sites is 2. The second-order valence-electron chi connectivity index (χ2n) is 7.96. The molecule has 0 spiro atoms. The zero-order valence-electron chi connectivity index (χ0n) is 18.8. The minimum Gasteiger partial charge on any atom is -0.495 e. The summed E-state index contributed by atoms with van der Waals surface area (Å²) in [4.78, 5) is 12.7. The Kier molecular flexibility index (Phi) is 8.67. The van der Waals surface area contributed by atoms with Crippen LogP contribution in [0.4, 0.5) is 10.5 Å². The van der Waals surface area contributed by atoms with E-state index in [2.05, 4.69) is 15.4 Å². The van der Waals surface area contributed by atoms with Gasteiger partial charge in [-0.05, 0) is 50.5 Å². The van der Waals surface area contributed by atoms with E-state index in [1.165, 1.54) is 7.11 Å². The van der Waals surface area contributed by atoms with E-state index in [4.69, 9.17) is 9.47 Å². The first-order valence-electron chi connectivity index (χ1n) is 10.9. The number of hydrogen-bond donors (Lipinski definition) is 4. The number of aryl methyl sites for hydroxylation is 1. The summed E-state index contributed by atoms with van der Waals surface area (Å²) < 4.78 is 38.6. The van der Waals surface area contributed by atoms with E-state index in [-0.39, 0.29) is 30.2 Å². The molecule has 2 amide bonds. The number of benzene rings is 2. The quantitative estimate of drug-likeness (QED) is 0.439. The highest BCUT2D eigenvalue weighted by Gasteiger charge is 2.32. The molecule has 3 rings (SSSR count). The summed E-state index contributed by atoms with van der Waals surface area (Å²) in [5.74, 6) is 0.541. The number of methoxy groups -OCH3 is 1. The Morgan fingerprint density at radius 2 is 1.88 bits per heavy atom. The maximum absolute atomic E-state index is 12.4. The molecular formula is C23H31N3O6S. The lowest BCUT2D eigenvalue weighted by atomic mass is 9.97. The number of nitrogens with one attached hydrogen (secondary N) is 3. The van der Waals surface area contributed by atoms with E-state index >= 15 is 0 Å². The number of urea groups is 1. The maximum atomic E-state index is 12.4. The van der Waals surface area contributed by atoms with E-state index in [0.29, 0.717) is 30.7 Å². The largest absolute Gasteiger partial charge is 0.495 e. The number of hydrogen-bond acceptors (Lipinski definition) is 6. The Balaban J connectivity index is 1.48. The number of amides is 2. The van der Waals surface area contributed by atoms with E-state index in [1.54, 1.807) is 48.5 Å².